The van der Waals surface area contributed by atoms with Crippen LogP contribution >= 0.6 is 0 Å². The highest BCUT2D eigenvalue weighted by Crippen LogP contribution is 0.981. The van der Waals surface area contributed by atoms with Crippen LogP contribution in [-0.2, 0) is 0 Å². The fraction of sp³-hybridized carbons (Fsp3) is 1.00. The van der Waals surface area contributed by atoms with Crippen molar-refractivity contribution in [1.82, 2.24) is 5.32 Å². The van der Waals surface area contributed by atoms with E-state index in [1.165, 1.54) is 0 Å². The van der Waals surface area contributed by atoms with E-state index in [-0.39, 0.29) is 0 Å². The minimum absolute atomic E-state index is 1.88. The average molecular weight is 70.7 g/mol. The second-order valence-corrected chi connectivity index (χ2v) is 0.500. The third-order valence-corrected chi connectivity index (χ3v) is 0. The van der Waals surface area contributed by atoms with Gasteiger partial charge in [-0.3, -0.25) is 0 Å². The first-order valence-electron chi connectivity index (χ1n) is 2.00. The molecule has 0 rings (SSSR count). The predicted molar refractivity (Wildman–Crippen MR) is 32.1 cm³/mol. The molecule has 0 atom stereocenters. The summed E-state index contributed by atoms with van der Waals surface area (Å²) in [4.78, 5) is 0. The summed E-state index contributed by atoms with van der Waals surface area (Å²) in [6.07, 6.45) is 0. The smallest absolute Gasteiger partial charge is 0.0643 e. The molecule has 1 nitrogen and oxygen atoms in total. The highest BCUT2D eigenvalue weighted by Gasteiger charge is 1.25. The van der Waals surface area contributed by atoms with Crippen LogP contribution in [0.1, 0.15) is 0 Å². The van der Waals surface area contributed by atoms with Crippen molar-refractivity contribution in [3.63, 3.8) is 0 Å². The van der Waals surface area contributed by atoms with Crippen LogP contribution in [0, 0.1) is 0 Å². The molecule has 3 heteroatoms. The Bertz CT molecular complexity index is 7.61. The van der Waals surface area contributed by atoms with Crippen molar-refractivity contribution in [3.8, 4) is 0 Å². The number of hydrogen-bond donors (Lipinski definition) is 1. The van der Waals surface area contributed by atoms with Crippen molar-refractivity contribution in [1.29, 1.82) is 0 Å². The highest BCUT2D eigenvalue weighted by molar-refractivity contribution is 6.75. The molecule has 0 aromatic heterocycles. The summed E-state index contributed by atoms with van der Waals surface area (Å²) in [6, 6.07) is 0. The van der Waals surface area contributed by atoms with E-state index in [4.69, 9.17) is 0 Å². The topological polar surface area (TPSA) is 12.0 Å². The summed E-state index contributed by atoms with van der Waals surface area (Å²) in [6.45, 7) is 0. The molecule has 1 N–H and O–H groups in total. The SMILES string of the molecule is BB.CNC. The van der Waals surface area contributed by atoms with Crippen molar-refractivity contribution in [2.75, 3.05) is 14.1 Å². The molecular formula is C2H11B2N. The van der Waals surface area contributed by atoms with E-state index < -0.39 is 0 Å². The first-order valence-corrected chi connectivity index (χ1v) is 2.00. The highest BCUT2D eigenvalue weighted by atomic mass is 14.7. The average Bonchev–Trinajstić information content (AvgIpc) is 1.46. The summed E-state index contributed by atoms with van der Waals surface area (Å²) < 4.78 is 0. The molecule has 0 bridgehead atoms. The van der Waals surface area contributed by atoms with E-state index in [9.17, 15) is 0 Å². The number of hydrogen-bond acceptors (Lipinski definition) is 1. The maximum Gasteiger partial charge on any atom is 0.0643 e. The lowest BCUT2D eigenvalue weighted by molar-refractivity contribution is 1.02. The van der Waals surface area contributed by atoms with Gasteiger partial charge in [-0.25, -0.2) is 0 Å². The van der Waals surface area contributed by atoms with Gasteiger partial charge in [0.25, 0.3) is 0 Å². The molecule has 0 aliphatic carbocycles. The van der Waals surface area contributed by atoms with Crippen molar-refractivity contribution in [3.05, 3.63) is 0 Å². The fourth-order valence-corrected chi connectivity index (χ4v) is 0. The van der Waals surface area contributed by atoms with Crippen LogP contribution < -0.4 is 5.32 Å². The van der Waals surface area contributed by atoms with Crippen LogP contribution in [0.4, 0.5) is 0 Å². The molecule has 30 valence electrons. The Labute approximate surface area is 35.9 Å². The minimum atomic E-state index is 1.88. The summed E-state index contributed by atoms with van der Waals surface area (Å²) in [5, 5.41) is 2.75. The lowest BCUT2D eigenvalue weighted by Crippen LogP contribution is -1.89. The Hall–Kier alpha value is 0.0899. The largest absolute Gasteiger partial charge is 0.323 e. The van der Waals surface area contributed by atoms with Crippen LogP contribution in [0.2, 0.25) is 0 Å². The maximum atomic E-state index is 2.75. The van der Waals surface area contributed by atoms with Gasteiger partial charge in [0.1, 0.15) is 0 Å². The van der Waals surface area contributed by atoms with Crippen LogP contribution in [0.5, 0.6) is 0 Å². The molecule has 0 amide bonds. The standard InChI is InChI=1S/C2H7N.B2H4/c1-3-2;1-2/h3H,1-2H3;1-2H2. The van der Waals surface area contributed by atoms with E-state index in [2.05, 4.69) is 5.32 Å². The number of nitrogens with one attached hydrogen (secondary N) is 1. The van der Waals surface area contributed by atoms with E-state index >= 15 is 0 Å². The fourth-order valence-electron chi connectivity index (χ4n) is 0. The molecule has 0 saturated carbocycles. The Balaban J connectivity index is 0. The monoisotopic (exact) mass is 71.1 g/mol. The Morgan fingerprint density at radius 2 is 1.20 bits per heavy atom. The Kier molecular flexibility index (Phi) is 58.6. The Morgan fingerprint density at radius 3 is 1.20 bits per heavy atom. The van der Waals surface area contributed by atoms with Crippen molar-refractivity contribution < 1.29 is 0 Å². The lowest BCUT2D eigenvalue weighted by Gasteiger charge is -1.59. The first kappa shape index (κ1) is 8.92. The number of rotatable bonds is 0. The van der Waals surface area contributed by atoms with Crippen molar-refractivity contribution >= 4 is 15.5 Å². The zero-order valence-electron chi connectivity index (χ0n) is 4.50. The zero-order valence-corrected chi connectivity index (χ0v) is 4.50. The molecule has 0 aromatic rings. The minimum Gasteiger partial charge on any atom is -0.323 e. The molecule has 0 radical (unpaired) electrons. The summed E-state index contributed by atoms with van der Waals surface area (Å²) in [7, 11) is 7.75. The van der Waals surface area contributed by atoms with E-state index in [0.29, 0.717) is 0 Å². The van der Waals surface area contributed by atoms with Gasteiger partial charge in [0.15, 0.2) is 0 Å². The van der Waals surface area contributed by atoms with Crippen LogP contribution in [0.15, 0.2) is 0 Å². The molecule has 0 aliphatic heterocycles. The molecule has 0 aromatic carbocycles. The van der Waals surface area contributed by atoms with Gasteiger partial charge in [-0.2, -0.15) is 0 Å². The van der Waals surface area contributed by atoms with Crippen LogP contribution in [-0.4, -0.2) is 29.6 Å². The van der Waals surface area contributed by atoms with Gasteiger partial charge in [0.05, 0.1) is 15.5 Å². The second-order valence-electron chi connectivity index (χ2n) is 0.500. The molecule has 0 unspecified atom stereocenters. The van der Waals surface area contributed by atoms with Gasteiger partial charge in [-0.15, -0.1) is 0 Å². The summed E-state index contributed by atoms with van der Waals surface area (Å²) in [5.41, 5.74) is 0. The van der Waals surface area contributed by atoms with Gasteiger partial charge < -0.3 is 5.32 Å². The molecule has 5 heavy (non-hydrogen) atoms. The molecule has 0 aliphatic rings. The predicted octanol–water partition coefficient (Wildman–Crippen LogP) is -2.00. The third kappa shape index (κ3) is 2210. The molecular weight excluding hydrogens is 59.7 g/mol. The summed E-state index contributed by atoms with van der Waals surface area (Å²) in [5.74, 6) is 0. The second kappa shape index (κ2) is 32.9. The molecule has 0 saturated heterocycles. The molecule has 0 heterocycles. The quantitative estimate of drug-likeness (QED) is 0.326. The van der Waals surface area contributed by atoms with E-state index in [1.807, 2.05) is 29.6 Å². The van der Waals surface area contributed by atoms with Crippen LogP contribution in [0.3, 0.4) is 0 Å². The van der Waals surface area contributed by atoms with Crippen LogP contribution in [0.25, 0.3) is 0 Å². The van der Waals surface area contributed by atoms with E-state index in [0.717, 1.165) is 0 Å². The summed E-state index contributed by atoms with van der Waals surface area (Å²) >= 11 is 0. The maximum absolute atomic E-state index is 2.75. The van der Waals surface area contributed by atoms with Gasteiger partial charge in [-0.05, 0) is 14.1 Å². The lowest BCUT2D eigenvalue weighted by atomic mass is 9.81. The third-order valence-electron chi connectivity index (χ3n) is 0. The molecule has 0 fully saturated rings. The van der Waals surface area contributed by atoms with Crippen molar-refractivity contribution in [2.24, 2.45) is 0 Å². The van der Waals surface area contributed by atoms with Gasteiger partial charge in [0, 0.05) is 0 Å². The van der Waals surface area contributed by atoms with Crippen molar-refractivity contribution in [2.45, 2.75) is 0 Å². The van der Waals surface area contributed by atoms with Gasteiger partial charge in [0.2, 0.25) is 0 Å². The van der Waals surface area contributed by atoms with Gasteiger partial charge in [-0.1, -0.05) is 0 Å². The Morgan fingerprint density at radius 1 is 1.20 bits per heavy atom. The molecule has 0 spiro atoms. The van der Waals surface area contributed by atoms with E-state index in [1.54, 1.807) is 0 Å². The zero-order chi connectivity index (χ0) is 4.71. The van der Waals surface area contributed by atoms with Gasteiger partial charge >= 0.3 is 0 Å². The normalized spacial score (nSPS) is 4.40. The first-order chi connectivity index (χ1) is 2.41.